The highest BCUT2D eigenvalue weighted by atomic mass is 16.3. The van der Waals surface area contributed by atoms with Crippen LogP contribution >= 0.6 is 0 Å². The molecule has 100 valence electrons. The van der Waals surface area contributed by atoms with E-state index in [4.69, 9.17) is 0 Å². The molecule has 0 radical (unpaired) electrons. The van der Waals surface area contributed by atoms with Gasteiger partial charge in [-0.3, -0.25) is 0 Å². The summed E-state index contributed by atoms with van der Waals surface area (Å²) in [5.41, 5.74) is -1.16. The molecule has 1 aliphatic carbocycles. The summed E-state index contributed by atoms with van der Waals surface area (Å²) in [5.74, 6) is 0.433. The van der Waals surface area contributed by atoms with Crippen molar-refractivity contribution in [2.24, 2.45) is 11.3 Å². The molecule has 0 aromatic heterocycles. The number of aliphatic hydroxyl groups excluding tert-OH is 1. The van der Waals surface area contributed by atoms with Crippen LogP contribution in [0.1, 0.15) is 53.9 Å². The molecule has 2 unspecified atom stereocenters. The molecule has 0 aromatic rings. The Morgan fingerprint density at radius 3 is 1.82 bits per heavy atom. The summed E-state index contributed by atoms with van der Waals surface area (Å²) in [7, 11) is 0. The molecule has 3 N–H and O–H groups in total. The number of hydrogen-bond donors (Lipinski definition) is 3. The van der Waals surface area contributed by atoms with E-state index in [1.807, 2.05) is 0 Å². The van der Waals surface area contributed by atoms with Crippen molar-refractivity contribution in [3.8, 4) is 0 Å². The summed E-state index contributed by atoms with van der Waals surface area (Å²) < 4.78 is 0. The van der Waals surface area contributed by atoms with Crippen LogP contribution in [0.5, 0.6) is 0 Å². The van der Waals surface area contributed by atoms with E-state index in [-0.39, 0.29) is 23.1 Å². The van der Waals surface area contributed by atoms with Crippen LogP contribution in [-0.4, -0.2) is 33.5 Å². The average molecular weight is 241 g/mol. The van der Waals surface area contributed by atoms with Crippen LogP contribution in [0.2, 0.25) is 0 Å². The van der Waals surface area contributed by atoms with Gasteiger partial charge in [-0.15, -0.1) is 0 Å². The smallest absolute Gasteiger partial charge is 0.0762 e. The fraction of sp³-hybridized carbons (Fsp3) is 1.00. The fourth-order valence-electron chi connectivity index (χ4n) is 4.38. The second kappa shape index (κ2) is 3.46. The largest absolute Gasteiger partial charge is 0.396 e. The van der Waals surface area contributed by atoms with E-state index in [0.717, 1.165) is 6.42 Å². The van der Waals surface area contributed by atoms with E-state index in [1.165, 1.54) is 0 Å². The topological polar surface area (TPSA) is 52.5 Å². The maximum absolute atomic E-state index is 11.1. The zero-order chi connectivity index (χ0) is 13.1. The van der Waals surface area contributed by atoms with Gasteiger partial charge in [0.15, 0.2) is 0 Å². The molecule has 2 fully saturated rings. The first-order valence-corrected chi connectivity index (χ1v) is 6.69. The molecule has 3 nitrogen and oxygen atoms in total. The molecule has 0 amide bonds. The van der Waals surface area contributed by atoms with Gasteiger partial charge >= 0.3 is 0 Å². The lowest BCUT2D eigenvalue weighted by Gasteiger charge is -2.54. The van der Waals surface area contributed by atoms with E-state index < -0.39 is 5.60 Å². The van der Waals surface area contributed by atoms with E-state index in [2.05, 4.69) is 39.9 Å². The van der Waals surface area contributed by atoms with Gasteiger partial charge < -0.3 is 15.5 Å². The van der Waals surface area contributed by atoms with Crippen LogP contribution < -0.4 is 5.32 Å². The Morgan fingerprint density at radius 1 is 1.12 bits per heavy atom. The van der Waals surface area contributed by atoms with Gasteiger partial charge in [-0.2, -0.15) is 0 Å². The minimum Gasteiger partial charge on any atom is -0.396 e. The third-order valence-corrected chi connectivity index (χ3v) is 4.81. The summed E-state index contributed by atoms with van der Waals surface area (Å²) >= 11 is 0. The molecular formula is C14H27NO2. The van der Waals surface area contributed by atoms with Crippen molar-refractivity contribution in [3.05, 3.63) is 0 Å². The van der Waals surface area contributed by atoms with Gasteiger partial charge in [0.05, 0.1) is 12.2 Å². The van der Waals surface area contributed by atoms with Gasteiger partial charge in [-0.05, 0) is 52.9 Å². The Balaban J connectivity index is 2.31. The van der Waals surface area contributed by atoms with Gasteiger partial charge in [0, 0.05) is 16.5 Å². The van der Waals surface area contributed by atoms with Crippen molar-refractivity contribution in [3.63, 3.8) is 0 Å². The van der Waals surface area contributed by atoms with Gasteiger partial charge in [-0.25, -0.2) is 0 Å². The quantitative estimate of drug-likeness (QED) is 0.689. The van der Waals surface area contributed by atoms with Crippen LogP contribution in [0.3, 0.4) is 0 Å². The molecular weight excluding hydrogens is 214 g/mol. The third kappa shape index (κ3) is 2.02. The zero-order valence-electron chi connectivity index (χ0n) is 11.8. The minimum atomic E-state index is -0.737. The summed E-state index contributed by atoms with van der Waals surface area (Å²) in [4.78, 5) is 0. The summed E-state index contributed by atoms with van der Waals surface area (Å²) in [5, 5.41) is 24.4. The summed E-state index contributed by atoms with van der Waals surface area (Å²) in [6, 6.07) is 0. The highest BCUT2D eigenvalue weighted by Crippen LogP contribution is 2.63. The lowest BCUT2D eigenvalue weighted by atomic mass is 9.65. The molecule has 0 bridgehead atoms. The van der Waals surface area contributed by atoms with E-state index in [0.29, 0.717) is 18.8 Å². The predicted molar refractivity (Wildman–Crippen MR) is 68.8 cm³/mol. The summed E-state index contributed by atoms with van der Waals surface area (Å²) in [6.45, 7) is 10.8. The first-order valence-electron chi connectivity index (χ1n) is 6.69. The summed E-state index contributed by atoms with van der Waals surface area (Å²) in [6.07, 6.45) is 2.38. The van der Waals surface area contributed by atoms with E-state index in [9.17, 15) is 10.2 Å². The lowest BCUT2D eigenvalue weighted by molar-refractivity contribution is -0.125. The second-order valence-electron chi connectivity index (χ2n) is 7.70. The molecule has 2 rings (SSSR count). The van der Waals surface area contributed by atoms with Crippen molar-refractivity contribution in [2.75, 3.05) is 6.61 Å². The minimum absolute atomic E-state index is 0.0824. The highest BCUT2D eigenvalue weighted by molar-refractivity contribution is 5.18. The Morgan fingerprint density at radius 2 is 1.53 bits per heavy atom. The van der Waals surface area contributed by atoms with Crippen molar-refractivity contribution in [2.45, 2.75) is 70.6 Å². The number of nitrogens with one attached hydrogen (secondary N) is 1. The number of rotatable bonds is 2. The molecule has 3 heteroatoms. The first-order chi connectivity index (χ1) is 7.56. The standard InChI is InChI=1S/C14H27NO2/c1-10-6-13(10,9-16)14(17)7-11(2,3)15-12(4,5)8-14/h10,15-17H,6-9H2,1-5H3. The van der Waals surface area contributed by atoms with Crippen molar-refractivity contribution < 1.29 is 10.2 Å². The lowest BCUT2D eigenvalue weighted by Crippen LogP contribution is -2.66. The molecule has 2 atom stereocenters. The number of aliphatic hydroxyl groups is 2. The third-order valence-electron chi connectivity index (χ3n) is 4.81. The maximum Gasteiger partial charge on any atom is 0.0762 e. The molecule has 2 aliphatic rings. The Kier molecular flexibility index (Phi) is 2.71. The normalized spacial score (nSPS) is 42.2. The fourth-order valence-corrected chi connectivity index (χ4v) is 4.38. The molecule has 0 aromatic carbocycles. The molecule has 1 saturated carbocycles. The van der Waals surface area contributed by atoms with Crippen LogP contribution in [0.25, 0.3) is 0 Å². The van der Waals surface area contributed by atoms with Crippen molar-refractivity contribution >= 4 is 0 Å². The van der Waals surface area contributed by atoms with Crippen LogP contribution in [0.4, 0.5) is 0 Å². The maximum atomic E-state index is 11.1. The van der Waals surface area contributed by atoms with Crippen LogP contribution in [0, 0.1) is 11.3 Å². The Labute approximate surface area is 105 Å². The second-order valence-corrected chi connectivity index (χ2v) is 7.70. The van der Waals surface area contributed by atoms with Crippen molar-refractivity contribution in [1.82, 2.24) is 5.32 Å². The SMILES string of the molecule is CC1CC1(CO)C1(O)CC(C)(C)NC(C)(C)C1. The van der Waals surface area contributed by atoms with E-state index in [1.54, 1.807) is 0 Å². The zero-order valence-corrected chi connectivity index (χ0v) is 11.8. The molecule has 1 saturated heterocycles. The molecule has 17 heavy (non-hydrogen) atoms. The predicted octanol–water partition coefficient (Wildman–Crippen LogP) is 1.68. The number of piperidine rings is 1. The van der Waals surface area contributed by atoms with Gasteiger partial charge in [-0.1, -0.05) is 6.92 Å². The highest BCUT2D eigenvalue weighted by Gasteiger charge is 2.66. The first kappa shape index (κ1) is 13.3. The average Bonchev–Trinajstić information content (AvgIpc) is 2.71. The Hall–Kier alpha value is -0.120. The van der Waals surface area contributed by atoms with Crippen LogP contribution in [0.15, 0.2) is 0 Å². The number of hydrogen-bond acceptors (Lipinski definition) is 3. The van der Waals surface area contributed by atoms with Crippen molar-refractivity contribution in [1.29, 1.82) is 0 Å². The van der Waals surface area contributed by atoms with E-state index >= 15 is 0 Å². The molecule has 1 heterocycles. The van der Waals surface area contributed by atoms with Crippen LogP contribution in [-0.2, 0) is 0 Å². The van der Waals surface area contributed by atoms with Gasteiger partial charge in [0.1, 0.15) is 0 Å². The molecule has 1 aliphatic heterocycles. The monoisotopic (exact) mass is 241 g/mol. The Bertz CT molecular complexity index is 304. The van der Waals surface area contributed by atoms with Gasteiger partial charge in [0.2, 0.25) is 0 Å². The molecule has 0 spiro atoms. The van der Waals surface area contributed by atoms with Gasteiger partial charge in [0.25, 0.3) is 0 Å².